The number of carbonyl (C=O) groups excluding carboxylic acids is 1. The lowest BCUT2D eigenvalue weighted by Gasteiger charge is -1.93. The number of amides is 1. The minimum Gasteiger partial charge on any atom is -0.366 e. The first kappa shape index (κ1) is 12.0. The maximum Gasteiger partial charge on any atom is 0.248 e. The molecule has 3 heteroatoms. The Kier molecular flexibility index (Phi) is 5.64. The molecule has 0 aromatic heterocycles. The molecule has 0 aliphatic carbocycles. The van der Waals surface area contributed by atoms with Crippen molar-refractivity contribution in [3.05, 3.63) is 35.9 Å². The summed E-state index contributed by atoms with van der Waals surface area (Å²) < 4.78 is 0. The van der Waals surface area contributed by atoms with Gasteiger partial charge in [0.25, 0.3) is 0 Å². The van der Waals surface area contributed by atoms with Gasteiger partial charge in [0, 0.05) is 25.7 Å². The van der Waals surface area contributed by atoms with Gasteiger partial charge in [0.1, 0.15) is 0 Å². The van der Waals surface area contributed by atoms with E-state index in [1.165, 1.54) is 0 Å². The second-order valence-electron chi connectivity index (χ2n) is 2.75. The van der Waals surface area contributed by atoms with E-state index in [-0.39, 0.29) is 5.91 Å². The van der Waals surface area contributed by atoms with Crippen molar-refractivity contribution in [2.75, 3.05) is 14.1 Å². The van der Waals surface area contributed by atoms with Gasteiger partial charge in [-0.05, 0) is 12.1 Å². The van der Waals surface area contributed by atoms with Crippen LogP contribution in [0.4, 0.5) is 0 Å². The normalized spacial score (nSPS) is 7.79. The van der Waals surface area contributed by atoms with Crippen molar-refractivity contribution in [1.29, 1.82) is 0 Å². The van der Waals surface area contributed by atoms with Gasteiger partial charge >= 0.3 is 0 Å². The molecule has 0 bridgehead atoms. The number of rotatable bonds is 1. The number of hydrogen-bond acceptors (Lipinski definition) is 2. The van der Waals surface area contributed by atoms with E-state index < -0.39 is 0 Å². The summed E-state index contributed by atoms with van der Waals surface area (Å²) in [4.78, 5) is 12.1. The van der Waals surface area contributed by atoms with Crippen LogP contribution in [-0.2, 0) is 0 Å². The molecule has 1 aromatic rings. The molecule has 0 spiro atoms. The molecule has 2 N–H and O–H groups in total. The van der Waals surface area contributed by atoms with Gasteiger partial charge in [0.05, 0.1) is 0 Å². The fourth-order valence-corrected chi connectivity index (χ4v) is 0.602. The van der Waals surface area contributed by atoms with Crippen LogP contribution in [0.25, 0.3) is 0 Å². The van der Waals surface area contributed by atoms with Crippen molar-refractivity contribution in [2.45, 2.75) is 0 Å². The Bertz CT molecular complexity index is 312. The number of primary amides is 1. The van der Waals surface area contributed by atoms with E-state index in [0.29, 0.717) is 5.56 Å². The molecule has 1 aromatic carbocycles. The van der Waals surface area contributed by atoms with Gasteiger partial charge < -0.3 is 10.6 Å². The molecule has 0 atom stereocenters. The molecule has 0 saturated carbocycles. The van der Waals surface area contributed by atoms with Gasteiger partial charge in [-0.25, -0.2) is 0 Å². The molecular weight excluding hydrogens is 176 g/mol. The third-order valence-electron chi connectivity index (χ3n) is 1.32. The molecule has 1 rings (SSSR count). The summed E-state index contributed by atoms with van der Waals surface area (Å²) in [7, 11) is 3.64. The maximum absolute atomic E-state index is 10.4. The van der Waals surface area contributed by atoms with Crippen molar-refractivity contribution in [3.8, 4) is 12.5 Å². The summed E-state index contributed by atoms with van der Waals surface area (Å²) in [6.45, 7) is 0. The highest BCUT2D eigenvalue weighted by Gasteiger charge is 1.93. The van der Waals surface area contributed by atoms with Crippen molar-refractivity contribution < 1.29 is 4.79 Å². The van der Waals surface area contributed by atoms with Gasteiger partial charge in [-0.15, -0.1) is 0 Å². The third kappa shape index (κ3) is 5.67. The average Bonchev–Trinajstić information content (AvgIpc) is 2.20. The minimum absolute atomic E-state index is 0.379. The van der Waals surface area contributed by atoms with Gasteiger partial charge in [-0.3, -0.25) is 4.79 Å². The summed E-state index contributed by atoms with van der Waals surface area (Å²) in [6, 6.07) is 11.1. The Hall–Kier alpha value is -1.95. The highest BCUT2D eigenvalue weighted by molar-refractivity contribution is 5.92. The summed E-state index contributed by atoms with van der Waals surface area (Å²) in [5.74, 6) is -0.379. The zero-order valence-corrected chi connectivity index (χ0v) is 8.40. The number of carbonyl (C=O) groups is 1. The largest absolute Gasteiger partial charge is 0.366 e. The molecule has 0 fully saturated rings. The monoisotopic (exact) mass is 190 g/mol. The summed E-state index contributed by atoms with van der Waals surface area (Å²) in [5, 5.41) is 0. The van der Waals surface area contributed by atoms with E-state index >= 15 is 0 Å². The van der Waals surface area contributed by atoms with Crippen molar-refractivity contribution in [1.82, 2.24) is 4.90 Å². The second-order valence-corrected chi connectivity index (χ2v) is 2.75. The molecule has 0 aliphatic heterocycles. The quantitative estimate of drug-likeness (QED) is 0.529. The van der Waals surface area contributed by atoms with Gasteiger partial charge in [0.15, 0.2) is 0 Å². The van der Waals surface area contributed by atoms with Crippen LogP contribution < -0.4 is 5.73 Å². The molecule has 74 valence electrons. The first-order chi connectivity index (χ1) is 6.57. The molecule has 0 heterocycles. The van der Waals surface area contributed by atoms with E-state index in [4.69, 9.17) is 12.2 Å². The molecule has 0 radical (unpaired) electrons. The number of nitrogens with zero attached hydrogens (tertiary/aromatic N) is 1. The van der Waals surface area contributed by atoms with Crippen molar-refractivity contribution in [2.24, 2.45) is 5.73 Å². The number of terminal acetylenes is 1. The maximum atomic E-state index is 10.4. The fraction of sp³-hybridized carbons (Fsp3) is 0.182. The van der Waals surface area contributed by atoms with Crippen LogP contribution >= 0.6 is 0 Å². The van der Waals surface area contributed by atoms with E-state index in [2.05, 4.69) is 6.04 Å². The Morgan fingerprint density at radius 2 is 1.79 bits per heavy atom. The van der Waals surface area contributed by atoms with Crippen molar-refractivity contribution >= 4 is 5.91 Å². The molecule has 3 nitrogen and oxygen atoms in total. The molecule has 0 unspecified atom stereocenters. The lowest BCUT2D eigenvalue weighted by molar-refractivity contribution is 0.100. The van der Waals surface area contributed by atoms with E-state index in [1.54, 1.807) is 29.2 Å². The van der Waals surface area contributed by atoms with Gasteiger partial charge in [0.2, 0.25) is 5.91 Å². The number of nitrogens with two attached hydrogens (primary N) is 1. The number of hydrogen-bond donors (Lipinski definition) is 1. The zero-order valence-electron chi connectivity index (χ0n) is 8.40. The molecule has 1 amide bonds. The van der Waals surface area contributed by atoms with E-state index in [0.717, 1.165) is 0 Å². The van der Waals surface area contributed by atoms with Gasteiger partial charge in [-0.2, -0.15) is 0 Å². The standard InChI is InChI=1S/C7H7NO.C4H7N/c8-7(9)6-4-2-1-3-5-6;1-4-5(2)3/h1-5H,(H2,8,9);1H,2-3H3. The Balaban J connectivity index is 0.000000292. The van der Waals surface area contributed by atoms with E-state index in [9.17, 15) is 4.79 Å². The SMILES string of the molecule is C#CN(C)C.NC(=O)c1ccccc1. The highest BCUT2D eigenvalue weighted by atomic mass is 16.1. The van der Waals surface area contributed by atoms with Gasteiger partial charge in [-0.1, -0.05) is 24.6 Å². The summed E-state index contributed by atoms with van der Waals surface area (Å²) >= 11 is 0. The topological polar surface area (TPSA) is 46.3 Å². The lowest BCUT2D eigenvalue weighted by atomic mass is 10.2. The predicted octanol–water partition coefficient (Wildman–Crippen LogP) is 0.924. The Morgan fingerprint density at radius 1 is 1.36 bits per heavy atom. The van der Waals surface area contributed by atoms with Crippen LogP contribution in [0.1, 0.15) is 10.4 Å². The Morgan fingerprint density at radius 3 is 2.00 bits per heavy atom. The molecule has 0 saturated heterocycles. The smallest absolute Gasteiger partial charge is 0.248 e. The second kappa shape index (κ2) is 6.55. The molecule has 0 aliphatic rings. The molecular formula is C11H14N2O. The predicted molar refractivity (Wildman–Crippen MR) is 57.5 cm³/mol. The van der Waals surface area contributed by atoms with Crippen LogP contribution in [0.15, 0.2) is 30.3 Å². The molecule has 14 heavy (non-hydrogen) atoms. The summed E-state index contributed by atoms with van der Waals surface area (Å²) in [5.41, 5.74) is 5.53. The average molecular weight is 190 g/mol. The lowest BCUT2D eigenvalue weighted by Crippen LogP contribution is -2.09. The number of benzene rings is 1. The van der Waals surface area contributed by atoms with Crippen LogP contribution in [-0.4, -0.2) is 24.9 Å². The van der Waals surface area contributed by atoms with Crippen LogP contribution in [0, 0.1) is 12.5 Å². The minimum atomic E-state index is -0.379. The van der Waals surface area contributed by atoms with Crippen LogP contribution in [0.5, 0.6) is 0 Å². The van der Waals surface area contributed by atoms with Crippen molar-refractivity contribution in [3.63, 3.8) is 0 Å². The third-order valence-corrected chi connectivity index (χ3v) is 1.32. The Labute approximate surface area is 84.5 Å². The van der Waals surface area contributed by atoms with Crippen LogP contribution in [0.3, 0.4) is 0 Å². The first-order valence-electron chi connectivity index (χ1n) is 4.06. The first-order valence-corrected chi connectivity index (χ1v) is 4.06. The van der Waals surface area contributed by atoms with E-state index in [1.807, 2.05) is 20.2 Å². The zero-order chi connectivity index (χ0) is 11.0. The van der Waals surface area contributed by atoms with Crippen LogP contribution in [0.2, 0.25) is 0 Å². The summed E-state index contributed by atoms with van der Waals surface area (Å²) in [6.07, 6.45) is 4.85. The fourth-order valence-electron chi connectivity index (χ4n) is 0.602. The highest BCUT2D eigenvalue weighted by Crippen LogP contribution is 1.94.